The minimum Gasteiger partial charge on any atom is -0.382 e. The Morgan fingerprint density at radius 1 is 1.60 bits per heavy atom. The van der Waals surface area contributed by atoms with Crippen molar-refractivity contribution in [3.05, 3.63) is 23.9 Å². The van der Waals surface area contributed by atoms with Gasteiger partial charge in [0.2, 0.25) is 0 Å². The van der Waals surface area contributed by atoms with Crippen molar-refractivity contribution in [2.24, 2.45) is 4.99 Å². The van der Waals surface area contributed by atoms with Crippen LogP contribution in [0.2, 0.25) is 0 Å². The Bertz CT molecular complexity index is 213. The number of hydrogen-bond acceptors (Lipinski definition) is 2. The number of rotatable bonds is 0. The van der Waals surface area contributed by atoms with Gasteiger partial charge in [-0.2, -0.15) is 0 Å². The third-order valence-corrected chi connectivity index (χ3v) is 1.81. The zero-order chi connectivity index (χ0) is 6.81. The Labute approximate surface area is 60.3 Å². The fourth-order valence-corrected chi connectivity index (χ4v) is 1.28. The summed E-state index contributed by atoms with van der Waals surface area (Å²) in [5.41, 5.74) is 1.27. The number of nitrogens with one attached hydrogen (secondary N) is 1. The van der Waals surface area contributed by atoms with Crippen LogP contribution in [-0.4, -0.2) is 18.8 Å². The zero-order valence-corrected chi connectivity index (χ0v) is 5.75. The minimum absolute atomic E-state index is 0.388. The number of hydrogen-bond donors (Lipinski definition) is 1. The van der Waals surface area contributed by atoms with E-state index in [9.17, 15) is 0 Å². The van der Waals surface area contributed by atoms with Crippen LogP contribution in [0.1, 0.15) is 6.42 Å². The van der Waals surface area contributed by atoms with Crippen LogP contribution in [0.5, 0.6) is 0 Å². The first-order valence-corrected chi connectivity index (χ1v) is 3.59. The van der Waals surface area contributed by atoms with E-state index in [-0.39, 0.29) is 0 Å². The second-order valence-corrected chi connectivity index (χ2v) is 2.51. The smallest absolute Gasteiger partial charge is 0.0925 e. The maximum Gasteiger partial charge on any atom is 0.0925 e. The number of aliphatic imine (C=N–C) groups is 1. The van der Waals surface area contributed by atoms with Crippen LogP contribution in [0.4, 0.5) is 0 Å². The van der Waals surface area contributed by atoms with E-state index in [2.05, 4.69) is 28.5 Å². The Morgan fingerprint density at radius 2 is 2.60 bits per heavy atom. The van der Waals surface area contributed by atoms with Crippen LogP contribution in [0, 0.1) is 0 Å². The van der Waals surface area contributed by atoms with E-state index in [1.54, 1.807) is 0 Å². The average molecular weight is 134 g/mol. The minimum atomic E-state index is 0.388. The van der Waals surface area contributed by atoms with E-state index in [0.29, 0.717) is 6.04 Å². The Hall–Kier alpha value is -1.05. The Kier molecular flexibility index (Phi) is 1.31. The maximum absolute atomic E-state index is 4.34. The van der Waals surface area contributed by atoms with Crippen LogP contribution in [0.3, 0.4) is 0 Å². The molecule has 2 rings (SSSR count). The molecule has 52 valence electrons. The molecule has 1 unspecified atom stereocenters. The molecule has 0 aromatic heterocycles. The van der Waals surface area contributed by atoms with Crippen LogP contribution in [0.15, 0.2) is 28.9 Å². The lowest BCUT2D eigenvalue weighted by Gasteiger charge is -2.22. The van der Waals surface area contributed by atoms with Crippen molar-refractivity contribution in [3.8, 4) is 0 Å². The molecule has 0 radical (unpaired) electrons. The fraction of sp³-hybridized carbons (Fsp3) is 0.375. The molecule has 0 amide bonds. The lowest BCUT2D eigenvalue weighted by atomic mass is 10.0. The van der Waals surface area contributed by atoms with Crippen molar-refractivity contribution in [2.75, 3.05) is 6.54 Å². The molecular weight excluding hydrogens is 124 g/mol. The van der Waals surface area contributed by atoms with Crippen LogP contribution in [-0.2, 0) is 0 Å². The first-order valence-electron chi connectivity index (χ1n) is 3.59. The fourth-order valence-electron chi connectivity index (χ4n) is 1.28. The molecule has 2 aliphatic rings. The largest absolute Gasteiger partial charge is 0.382 e. The third kappa shape index (κ3) is 0.856. The van der Waals surface area contributed by atoms with E-state index in [0.717, 1.165) is 13.0 Å². The van der Waals surface area contributed by atoms with Gasteiger partial charge in [-0.25, -0.2) is 0 Å². The van der Waals surface area contributed by atoms with Gasteiger partial charge in [0.1, 0.15) is 0 Å². The average Bonchev–Trinajstić information content (AvgIpc) is 2.05. The second-order valence-electron chi connectivity index (χ2n) is 2.51. The van der Waals surface area contributed by atoms with Gasteiger partial charge in [0.25, 0.3) is 0 Å². The van der Waals surface area contributed by atoms with Gasteiger partial charge in [0.05, 0.1) is 6.04 Å². The Balaban J connectivity index is 2.26. The summed E-state index contributed by atoms with van der Waals surface area (Å²) in [6.45, 7) is 0.885. The van der Waals surface area contributed by atoms with Gasteiger partial charge in [0, 0.05) is 18.5 Å². The summed E-state index contributed by atoms with van der Waals surface area (Å²) in [4.78, 5) is 4.34. The van der Waals surface area contributed by atoms with Gasteiger partial charge in [-0.15, -0.1) is 0 Å². The van der Waals surface area contributed by atoms with E-state index in [1.165, 1.54) is 5.70 Å². The first-order chi connectivity index (χ1) is 4.97. The maximum atomic E-state index is 4.34. The predicted octanol–water partition coefficient (Wildman–Crippen LogP) is 0.873. The normalized spacial score (nSPS) is 28.8. The molecule has 1 atom stereocenters. The van der Waals surface area contributed by atoms with Crippen molar-refractivity contribution in [2.45, 2.75) is 12.5 Å². The standard InChI is InChI=1S/C8H10N2/c1-2-4-8-7(3-1)9-5-6-10-8/h1-3,6,8-9H,4-5H2. The molecule has 1 aliphatic heterocycles. The van der Waals surface area contributed by atoms with E-state index >= 15 is 0 Å². The topological polar surface area (TPSA) is 24.4 Å². The number of fused-ring (bicyclic) bond motifs is 1. The highest BCUT2D eigenvalue weighted by Crippen LogP contribution is 2.15. The second kappa shape index (κ2) is 2.29. The van der Waals surface area contributed by atoms with Gasteiger partial charge >= 0.3 is 0 Å². The SMILES string of the molecule is C1=CCC2N=CCNC2=C1. The van der Waals surface area contributed by atoms with Gasteiger partial charge < -0.3 is 5.32 Å². The highest BCUT2D eigenvalue weighted by atomic mass is 15.0. The summed E-state index contributed by atoms with van der Waals surface area (Å²) in [5.74, 6) is 0. The molecule has 2 heteroatoms. The summed E-state index contributed by atoms with van der Waals surface area (Å²) in [6, 6.07) is 0.388. The van der Waals surface area contributed by atoms with Crippen LogP contribution < -0.4 is 5.32 Å². The third-order valence-electron chi connectivity index (χ3n) is 1.81. The molecule has 0 bridgehead atoms. The molecule has 0 spiro atoms. The molecule has 0 aromatic carbocycles. The molecule has 1 heterocycles. The van der Waals surface area contributed by atoms with Gasteiger partial charge in [-0.05, 0) is 12.5 Å². The van der Waals surface area contributed by atoms with Crippen molar-refractivity contribution < 1.29 is 0 Å². The van der Waals surface area contributed by atoms with Crippen molar-refractivity contribution in [1.82, 2.24) is 5.32 Å². The number of allylic oxidation sites excluding steroid dienone is 2. The molecule has 1 N–H and O–H groups in total. The van der Waals surface area contributed by atoms with Gasteiger partial charge in [0.15, 0.2) is 0 Å². The van der Waals surface area contributed by atoms with Crippen LogP contribution in [0.25, 0.3) is 0 Å². The van der Waals surface area contributed by atoms with E-state index in [4.69, 9.17) is 0 Å². The van der Waals surface area contributed by atoms with Crippen molar-refractivity contribution in [1.29, 1.82) is 0 Å². The summed E-state index contributed by atoms with van der Waals surface area (Å²) in [5, 5.41) is 3.28. The molecule has 0 aromatic rings. The summed E-state index contributed by atoms with van der Waals surface area (Å²) < 4.78 is 0. The summed E-state index contributed by atoms with van der Waals surface area (Å²) in [6.07, 6.45) is 9.33. The molecule has 10 heavy (non-hydrogen) atoms. The van der Waals surface area contributed by atoms with Crippen LogP contribution >= 0.6 is 0 Å². The predicted molar refractivity (Wildman–Crippen MR) is 42.1 cm³/mol. The van der Waals surface area contributed by atoms with E-state index < -0.39 is 0 Å². The monoisotopic (exact) mass is 134 g/mol. The Morgan fingerprint density at radius 3 is 3.50 bits per heavy atom. The highest BCUT2D eigenvalue weighted by molar-refractivity contribution is 5.62. The highest BCUT2D eigenvalue weighted by Gasteiger charge is 2.14. The number of nitrogens with zero attached hydrogens (tertiary/aromatic N) is 1. The van der Waals surface area contributed by atoms with Crippen molar-refractivity contribution in [3.63, 3.8) is 0 Å². The summed E-state index contributed by atoms with van der Waals surface area (Å²) >= 11 is 0. The summed E-state index contributed by atoms with van der Waals surface area (Å²) in [7, 11) is 0. The van der Waals surface area contributed by atoms with Crippen molar-refractivity contribution >= 4 is 6.21 Å². The molecule has 0 saturated carbocycles. The zero-order valence-electron chi connectivity index (χ0n) is 5.75. The lowest BCUT2D eigenvalue weighted by molar-refractivity contribution is 0.681. The quantitative estimate of drug-likeness (QED) is 0.522. The first kappa shape index (κ1) is 5.71. The lowest BCUT2D eigenvalue weighted by Crippen LogP contribution is -2.30. The molecule has 2 nitrogen and oxygen atoms in total. The molecule has 0 saturated heterocycles. The molecule has 0 fully saturated rings. The van der Waals surface area contributed by atoms with Gasteiger partial charge in [-0.3, -0.25) is 4.99 Å². The molecular formula is C8H10N2. The van der Waals surface area contributed by atoms with Gasteiger partial charge in [-0.1, -0.05) is 12.2 Å². The van der Waals surface area contributed by atoms with E-state index in [1.807, 2.05) is 6.21 Å². The molecule has 1 aliphatic carbocycles.